The fraction of sp³-hybridized carbons (Fsp3) is 0.250. The fourth-order valence-corrected chi connectivity index (χ4v) is 2.70. The quantitative estimate of drug-likeness (QED) is 0.712. The zero-order chi connectivity index (χ0) is 17.3. The molecule has 0 saturated heterocycles. The van der Waals surface area contributed by atoms with E-state index in [9.17, 15) is 5.11 Å². The highest BCUT2D eigenvalue weighted by Crippen LogP contribution is 2.30. The maximum atomic E-state index is 10.2. The number of benzene rings is 1. The standard InChI is InChI=1S/C20H22N2O2/c1-13(2)12-24-17-8-6-16(7-9-17)19-20(15(4)23)22-11-14(3)5-10-18(22)21-19/h5-11,15,23H,1,12H2,2-4H3. The largest absolute Gasteiger partial charge is 0.489 e. The zero-order valence-corrected chi connectivity index (χ0v) is 14.3. The Morgan fingerprint density at radius 1 is 1.25 bits per heavy atom. The Hall–Kier alpha value is -2.59. The van der Waals surface area contributed by atoms with E-state index in [0.29, 0.717) is 6.61 Å². The Labute approximate surface area is 142 Å². The van der Waals surface area contributed by atoms with Crippen LogP contribution in [-0.2, 0) is 0 Å². The molecule has 0 fully saturated rings. The molecule has 0 radical (unpaired) electrons. The molecule has 1 N–H and O–H groups in total. The minimum Gasteiger partial charge on any atom is -0.489 e. The molecule has 0 bridgehead atoms. The van der Waals surface area contributed by atoms with Crippen LogP contribution in [0.25, 0.3) is 16.9 Å². The van der Waals surface area contributed by atoms with Gasteiger partial charge in [0.25, 0.3) is 0 Å². The number of rotatable bonds is 5. The van der Waals surface area contributed by atoms with Gasteiger partial charge in [0.2, 0.25) is 0 Å². The van der Waals surface area contributed by atoms with Gasteiger partial charge in [0.1, 0.15) is 18.0 Å². The van der Waals surface area contributed by atoms with E-state index < -0.39 is 6.10 Å². The molecule has 3 rings (SSSR count). The lowest BCUT2D eigenvalue weighted by Crippen LogP contribution is -2.00. The molecule has 4 nitrogen and oxygen atoms in total. The van der Waals surface area contributed by atoms with Gasteiger partial charge in [0.05, 0.1) is 17.5 Å². The van der Waals surface area contributed by atoms with Crippen molar-refractivity contribution in [3.05, 3.63) is 66.0 Å². The second-order valence-electron chi connectivity index (χ2n) is 6.23. The van der Waals surface area contributed by atoms with Crippen molar-refractivity contribution in [1.82, 2.24) is 9.38 Å². The Balaban J connectivity index is 2.02. The number of aliphatic hydroxyl groups is 1. The van der Waals surface area contributed by atoms with Crippen LogP contribution in [0.1, 0.15) is 31.2 Å². The first kappa shape index (κ1) is 16.3. The first-order chi connectivity index (χ1) is 11.5. The number of aromatic nitrogens is 2. The van der Waals surface area contributed by atoms with Gasteiger partial charge in [0, 0.05) is 11.8 Å². The van der Waals surface area contributed by atoms with Gasteiger partial charge in [-0.25, -0.2) is 4.98 Å². The summed E-state index contributed by atoms with van der Waals surface area (Å²) < 4.78 is 7.60. The normalized spacial score (nSPS) is 12.3. The topological polar surface area (TPSA) is 46.8 Å². The minimum absolute atomic E-state index is 0.506. The van der Waals surface area contributed by atoms with Crippen LogP contribution in [0.3, 0.4) is 0 Å². The van der Waals surface area contributed by atoms with Crippen molar-refractivity contribution in [2.24, 2.45) is 0 Å². The van der Waals surface area contributed by atoms with Crippen LogP contribution >= 0.6 is 0 Å². The van der Waals surface area contributed by atoms with E-state index >= 15 is 0 Å². The molecule has 0 saturated carbocycles. The fourth-order valence-electron chi connectivity index (χ4n) is 2.70. The molecule has 3 aromatic rings. The second kappa shape index (κ2) is 6.49. The van der Waals surface area contributed by atoms with E-state index in [-0.39, 0.29) is 0 Å². The minimum atomic E-state index is -0.615. The van der Waals surface area contributed by atoms with Gasteiger partial charge >= 0.3 is 0 Å². The van der Waals surface area contributed by atoms with Crippen molar-refractivity contribution >= 4 is 5.65 Å². The summed E-state index contributed by atoms with van der Waals surface area (Å²) >= 11 is 0. The zero-order valence-electron chi connectivity index (χ0n) is 14.3. The molecule has 0 amide bonds. The maximum Gasteiger partial charge on any atom is 0.137 e. The summed E-state index contributed by atoms with van der Waals surface area (Å²) in [4.78, 5) is 4.70. The number of hydrogen-bond donors (Lipinski definition) is 1. The molecule has 0 aliphatic heterocycles. The van der Waals surface area contributed by atoms with Crippen LogP contribution in [-0.4, -0.2) is 21.1 Å². The molecule has 1 atom stereocenters. The van der Waals surface area contributed by atoms with Gasteiger partial charge in [-0.05, 0) is 62.2 Å². The number of aryl methyl sites for hydroxylation is 1. The van der Waals surface area contributed by atoms with E-state index in [1.165, 1.54) is 0 Å². The Kier molecular flexibility index (Phi) is 4.40. The van der Waals surface area contributed by atoms with E-state index in [1.54, 1.807) is 6.92 Å². The number of nitrogens with zero attached hydrogens (tertiary/aromatic N) is 2. The summed E-state index contributed by atoms with van der Waals surface area (Å²) in [5, 5.41) is 10.2. The lowest BCUT2D eigenvalue weighted by atomic mass is 10.1. The van der Waals surface area contributed by atoms with E-state index in [2.05, 4.69) is 6.58 Å². The molecule has 2 heterocycles. The third kappa shape index (κ3) is 3.19. The van der Waals surface area contributed by atoms with E-state index in [1.807, 2.05) is 60.8 Å². The molecule has 1 aromatic carbocycles. The third-order valence-corrected chi connectivity index (χ3v) is 3.81. The Morgan fingerprint density at radius 3 is 2.58 bits per heavy atom. The van der Waals surface area contributed by atoms with Crippen LogP contribution < -0.4 is 4.74 Å². The molecule has 1 unspecified atom stereocenters. The molecule has 2 aromatic heterocycles. The number of ether oxygens (including phenoxy) is 1. The Bertz CT molecular complexity index is 877. The van der Waals surface area contributed by atoms with Crippen molar-refractivity contribution in [3.8, 4) is 17.0 Å². The highest BCUT2D eigenvalue weighted by atomic mass is 16.5. The summed E-state index contributed by atoms with van der Waals surface area (Å²) in [6, 6.07) is 11.8. The summed E-state index contributed by atoms with van der Waals surface area (Å²) in [6.07, 6.45) is 1.38. The maximum absolute atomic E-state index is 10.2. The molecular weight excluding hydrogens is 300 g/mol. The number of pyridine rings is 1. The molecular formula is C20H22N2O2. The average Bonchev–Trinajstić information content (AvgIpc) is 2.92. The summed E-state index contributed by atoms with van der Waals surface area (Å²) in [6.45, 7) is 10.1. The van der Waals surface area contributed by atoms with Crippen molar-refractivity contribution < 1.29 is 9.84 Å². The van der Waals surface area contributed by atoms with Crippen molar-refractivity contribution in [2.45, 2.75) is 26.9 Å². The summed E-state index contributed by atoms with van der Waals surface area (Å²) in [7, 11) is 0. The molecule has 0 spiro atoms. The predicted octanol–water partition coefficient (Wildman–Crippen LogP) is 4.32. The molecule has 4 heteroatoms. The van der Waals surface area contributed by atoms with Crippen LogP contribution in [0, 0.1) is 6.92 Å². The van der Waals surface area contributed by atoms with Gasteiger partial charge in [-0.15, -0.1) is 0 Å². The van der Waals surface area contributed by atoms with Crippen LogP contribution in [0.2, 0.25) is 0 Å². The van der Waals surface area contributed by atoms with Gasteiger partial charge in [-0.1, -0.05) is 12.6 Å². The van der Waals surface area contributed by atoms with Crippen molar-refractivity contribution in [1.29, 1.82) is 0 Å². The number of fused-ring (bicyclic) bond motifs is 1. The molecule has 24 heavy (non-hydrogen) atoms. The molecule has 124 valence electrons. The lowest BCUT2D eigenvalue weighted by Gasteiger charge is -2.09. The number of aliphatic hydroxyl groups excluding tert-OH is 1. The van der Waals surface area contributed by atoms with Crippen LogP contribution in [0.5, 0.6) is 5.75 Å². The van der Waals surface area contributed by atoms with Gasteiger partial charge in [-0.2, -0.15) is 0 Å². The third-order valence-electron chi connectivity index (χ3n) is 3.81. The van der Waals surface area contributed by atoms with Crippen LogP contribution in [0.4, 0.5) is 0 Å². The lowest BCUT2D eigenvalue weighted by molar-refractivity contribution is 0.194. The van der Waals surface area contributed by atoms with Gasteiger partial charge in [0.15, 0.2) is 0 Å². The second-order valence-corrected chi connectivity index (χ2v) is 6.23. The smallest absolute Gasteiger partial charge is 0.137 e. The first-order valence-corrected chi connectivity index (χ1v) is 8.00. The first-order valence-electron chi connectivity index (χ1n) is 8.00. The highest BCUT2D eigenvalue weighted by Gasteiger charge is 2.18. The summed E-state index contributed by atoms with van der Waals surface area (Å²) in [5.41, 5.74) is 5.47. The van der Waals surface area contributed by atoms with E-state index in [4.69, 9.17) is 9.72 Å². The Morgan fingerprint density at radius 2 is 1.96 bits per heavy atom. The summed E-state index contributed by atoms with van der Waals surface area (Å²) in [5.74, 6) is 0.792. The number of imidazole rings is 1. The van der Waals surface area contributed by atoms with E-state index in [0.717, 1.165) is 39.5 Å². The van der Waals surface area contributed by atoms with Gasteiger partial charge in [-0.3, -0.25) is 0 Å². The van der Waals surface area contributed by atoms with Crippen LogP contribution in [0.15, 0.2) is 54.7 Å². The monoisotopic (exact) mass is 322 g/mol. The molecule has 0 aliphatic carbocycles. The van der Waals surface area contributed by atoms with Crippen molar-refractivity contribution in [2.75, 3.05) is 6.61 Å². The van der Waals surface area contributed by atoms with Crippen molar-refractivity contribution in [3.63, 3.8) is 0 Å². The predicted molar refractivity (Wildman–Crippen MR) is 96.3 cm³/mol. The van der Waals surface area contributed by atoms with Gasteiger partial charge < -0.3 is 14.2 Å². The highest BCUT2D eigenvalue weighted by molar-refractivity contribution is 5.67. The molecule has 0 aliphatic rings. The number of hydrogen-bond acceptors (Lipinski definition) is 3. The average molecular weight is 322 g/mol. The SMILES string of the molecule is C=C(C)COc1ccc(-c2nc3ccc(C)cn3c2C(C)O)cc1.